The van der Waals surface area contributed by atoms with Gasteiger partial charge >= 0.3 is 0 Å². The zero-order valence-corrected chi connectivity index (χ0v) is 27.6. The molecule has 0 N–H and O–H groups in total. The van der Waals surface area contributed by atoms with Crippen LogP contribution in [-0.4, -0.2) is 15.0 Å². The van der Waals surface area contributed by atoms with Crippen molar-refractivity contribution < 1.29 is 4.42 Å². The summed E-state index contributed by atoms with van der Waals surface area (Å²) in [6, 6.07) is 56.8. The lowest BCUT2D eigenvalue weighted by Gasteiger charge is -2.11. The summed E-state index contributed by atoms with van der Waals surface area (Å²) < 4.78 is 8.98. The van der Waals surface area contributed by atoms with Crippen LogP contribution in [0.1, 0.15) is 0 Å². The van der Waals surface area contributed by atoms with Crippen molar-refractivity contribution in [2.75, 3.05) is 0 Å². The highest BCUT2D eigenvalue weighted by Gasteiger charge is 2.19. The third kappa shape index (κ3) is 4.87. The molecule has 5 heteroatoms. The molecule has 234 valence electrons. The molecule has 10 rings (SSSR count). The molecule has 3 aromatic heterocycles. The molecule has 0 atom stereocenters. The van der Waals surface area contributed by atoms with Crippen LogP contribution in [0.4, 0.5) is 0 Å². The maximum atomic E-state index is 6.47. The summed E-state index contributed by atoms with van der Waals surface area (Å²) in [4.78, 5) is 15.4. The number of para-hydroxylation sites is 1. The lowest BCUT2D eigenvalue weighted by atomic mass is 9.97. The monoisotopic (exact) mass is 657 g/mol. The van der Waals surface area contributed by atoms with Crippen molar-refractivity contribution in [3.05, 3.63) is 164 Å². The number of aromatic nitrogens is 3. The van der Waals surface area contributed by atoms with E-state index in [0.29, 0.717) is 17.5 Å². The molecule has 3 heterocycles. The normalized spacial score (nSPS) is 11.6. The van der Waals surface area contributed by atoms with Gasteiger partial charge in [0.2, 0.25) is 0 Å². The van der Waals surface area contributed by atoms with E-state index in [2.05, 4.69) is 140 Å². The Bertz CT molecular complexity index is 2860. The highest BCUT2D eigenvalue weighted by Crippen LogP contribution is 2.41. The predicted octanol–water partition coefficient (Wildman–Crippen LogP) is 12.5. The van der Waals surface area contributed by atoms with E-state index in [9.17, 15) is 0 Å². The molecule has 0 unspecified atom stereocenters. The van der Waals surface area contributed by atoms with Gasteiger partial charge < -0.3 is 4.42 Å². The lowest BCUT2D eigenvalue weighted by molar-refractivity contribution is 0.669. The Balaban J connectivity index is 1.20. The Hall–Kier alpha value is -6.43. The molecule has 10 aromatic rings. The Morgan fingerprint density at radius 2 is 0.920 bits per heavy atom. The Kier molecular flexibility index (Phi) is 6.64. The van der Waals surface area contributed by atoms with E-state index in [-0.39, 0.29) is 0 Å². The van der Waals surface area contributed by atoms with Crippen LogP contribution in [0, 0.1) is 0 Å². The average Bonchev–Trinajstić information content (AvgIpc) is 3.76. The third-order valence-corrected chi connectivity index (χ3v) is 10.5. The van der Waals surface area contributed by atoms with Crippen LogP contribution >= 0.6 is 11.3 Å². The summed E-state index contributed by atoms with van der Waals surface area (Å²) in [5, 5.41) is 4.60. The smallest absolute Gasteiger partial charge is 0.164 e. The molecule has 0 saturated heterocycles. The Morgan fingerprint density at radius 1 is 0.360 bits per heavy atom. The highest BCUT2D eigenvalue weighted by atomic mass is 32.1. The minimum atomic E-state index is 0.590. The van der Waals surface area contributed by atoms with E-state index in [1.54, 1.807) is 11.3 Å². The van der Waals surface area contributed by atoms with Crippen LogP contribution in [0.15, 0.2) is 168 Å². The number of thiophene rings is 1. The quantitative estimate of drug-likeness (QED) is 0.185. The first-order valence-corrected chi connectivity index (χ1v) is 17.4. The Morgan fingerprint density at radius 3 is 1.70 bits per heavy atom. The second kappa shape index (κ2) is 11.6. The molecular weight excluding hydrogens is 631 g/mol. The second-order valence-corrected chi connectivity index (χ2v) is 13.5. The van der Waals surface area contributed by atoms with Crippen molar-refractivity contribution in [1.82, 2.24) is 15.0 Å². The van der Waals surface area contributed by atoms with Gasteiger partial charge in [0, 0.05) is 47.6 Å². The second-order valence-electron chi connectivity index (χ2n) is 12.4. The first-order valence-electron chi connectivity index (χ1n) is 16.6. The van der Waals surface area contributed by atoms with Crippen LogP contribution in [0.5, 0.6) is 0 Å². The minimum absolute atomic E-state index is 0.590. The Labute approximate surface area is 292 Å². The summed E-state index contributed by atoms with van der Waals surface area (Å²) in [5.41, 5.74) is 8.86. The molecule has 0 aliphatic carbocycles. The van der Waals surface area contributed by atoms with Crippen molar-refractivity contribution >= 4 is 53.4 Å². The van der Waals surface area contributed by atoms with Crippen LogP contribution in [0.3, 0.4) is 0 Å². The number of furan rings is 1. The van der Waals surface area contributed by atoms with E-state index in [1.165, 1.54) is 25.7 Å². The van der Waals surface area contributed by atoms with Crippen molar-refractivity contribution in [3.8, 4) is 56.4 Å². The number of benzene rings is 7. The summed E-state index contributed by atoms with van der Waals surface area (Å²) in [6.45, 7) is 0. The molecular formula is C45H27N3OS. The van der Waals surface area contributed by atoms with Gasteiger partial charge in [0.25, 0.3) is 0 Å². The van der Waals surface area contributed by atoms with Gasteiger partial charge in [-0.25, -0.2) is 15.0 Å². The molecule has 7 aromatic carbocycles. The molecule has 0 aliphatic heterocycles. The predicted molar refractivity (Wildman–Crippen MR) is 207 cm³/mol. The largest absolute Gasteiger partial charge is 0.456 e. The van der Waals surface area contributed by atoms with E-state index in [1.807, 2.05) is 24.3 Å². The molecule has 0 radical (unpaired) electrons. The van der Waals surface area contributed by atoms with Gasteiger partial charge in [0.1, 0.15) is 11.2 Å². The van der Waals surface area contributed by atoms with Gasteiger partial charge in [0.15, 0.2) is 17.5 Å². The van der Waals surface area contributed by atoms with Gasteiger partial charge in [-0.05, 0) is 64.7 Å². The van der Waals surface area contributed by atoms with Gasteiger partial charge in [-0.2, -0.15) is 0 Å². The van der Waals surface area contributed by atoms with E-state index >= 15 is 0 Å². The number of hydrogen-bond donors (Lipinski definition) is 0. The first kappa shape index (κ1) is 28.6. The molecule has 50 heavy (non-hydrogen) atoms. The zero-order valence-electron chi connectivity index (χ0n) is 26.7. The van der Waals surface area contributed by atoms with Crippen LogP contribution in [-0.2, 0) is 0 Å². The first-order chi connectivity index (χ1) is 24.7. The SMILES string of the molecule is c1ccc(-c2ccc(-c3nc(-c4cc(-c5ccccc5)c5c(c4)oc4ccccc45)nc(-c4ccc5sc6ccccc6c5c4)n3)cc2)cc1. The fourth-order valence-electron chi connectivity index (χ4n) is 6.90. The maximum absolute atomic E-state index is 6.47. The standard InChI is InChI=1S/C45H27N3OS/c1-3-11-28(12-4-1)29-19-21-31(22-20-29)43-46-44(32-23-24-41-37(25-32)34-15-8-10-18-40(34)50-41)48-45(47-43)33-26-36(30-13-5-2-6-14-30)42-35-16-7-9-17-38(35)49-39(42)27-33/h1-27H. The third-order valence-electron chi connectivity index (χ3n) is 9.34. The number of nitrogens with zero attached hydrogens (tertiary/aromatic N) is 3. The number of fused-ring (bicyclic) bond motifs is 6. The van der Waals surface area contributed by atoms with Crippen LogP contribution in [0.2, 0.25) is 0 Å². The fourth-order valence-corrected chi connectivity index (χ4v) is 7.99. The maximum Gasteiger partial charge on any atom is 0.164 e. The van der Waals surface area contributed by atoms with Crippen molar-refractivity contribution in [1.29, 1.82) is 0 Å². The van der Waals surface area contributed by atoms with Crippen LogP contribution in [0.25, 0.3) is 98.5 Å². The molecule has 0 fully saturated rings. The topological polar surface area (TPSA) is 51.8 Å². The summed E-state index contributed by atoms with van der Waals surface area (Å²) in [5.74, 6) is 1.83. The molecule has 0 saturated carbocycles. The molecule has 0 aliphatic rings. The number of hydrogen-bond acceptors (Lipinski definition) is 5. The molecule has 4 nitrogen and oxygen atoms in total. The molecule has 0 amide bonds. The average molecular weight is 658 g/mol. The van der Waals surface area contributed by atoms with Gasteiger partial charge in [-0.15, -0.1) is 11.3 Å². The van der Waals surface area contributed by atoms with Gasteiger partial charge in [0.05, 0.1) is 0 Å². The highest BCUT2D eigenvalue weighted by molar-refractivity contribution is 7.25. The molecule has 0 spiro atoms. The minimum Gasteiger partial charge on any atom is -0.456 e. The van der Waals surface area contributed by atoms with Gasteiger partial charge in [-0.1, -0.05) is 121 Å². The summed E-state index contributed by atoms with van der Waals surface area (Å²) in [7, 11) is 0. The lowest BCUT2D eigenvalue weighted by Crippen LogP contribution is -2.00. The van der Waals surface area contributed by atoms with E-state index in [4.69, 9.17) is 19.4 Å². The summed E-state index contributed by atoms with van der Waals surface area (Å²) >= 11 is 1.80. The van der Waals surface area contributed by atoms with Crippen molar-refractivity contribution in [2.45, 2.75) is 0 Å². The van der Waals surface area contributed by atoms with Crippen molar-refractivity contribution in [2.24, 2.45) is 0 Å². The van der Waals surface area contributed by atoms with Crippen molar-refractivity contribution in [3.63, 3.8) is 0 Å². The number of rotatable bonds is 5. The summed E-state index contributed by atoms with van der Waals surface area (Å²) in [6.07, 6.45) is 0. The van der Waals surface area contributed by atoms with E-state index < -0.39 is 0 Å². The fraction of sp³-hybridized carbons (Fsp3) is 0. The van der Waals surface area contributed by atoms with E-state index in [0.717, 1.165) is 55.3 Å². The van der Waals surface area contributed by atoms with Gasteiger partial charge in [-0.3, -0.25) is 0 Å². The molecule has 0 bridgehead atoms. The van der Waals surface area contributed by atoms with Crippen LogP contribution < -0.4 is 0 Å². The zero-order chi connectivity index (χ0) is 33.0.